The molecule has 5 heteroatoms. The lowest BCUT2D eigenvalue weighted by molar-refractivity contribution is 0.459. The highest BCUT2D eigenvalue weighted by molar-refractivity contribution is 5.57. The summed E-state index contributed by atoms with van der Waals surface area (Å²) in [5, 5.41) is 8.59. The van der Waals surface area contributed by atoms with Gasteiger partial charge < -0.3 is 10.5 Å². The lowest BCUT2D eigenvalue weighted by Crippen LogP contribution is -1.96. The van der Waals surface area contributed by atoms with Crippen molar-refractivity contribution in [3.05, 3.63) is 41.9 Å². The number of aryl methyl sites for hydroxylation is 1. The number of rotatable bonds is 2. The van der Waals surface area contributed by atoms with Crippen molar-refractivity contribution >= 4 is 5.69 Å². The van der Waals surface area contributed by atoms with Gasteiger partial charge >= 0.3 is 0 Å². The van der Waals surface area contributed by atoms with Gasteiger partial charge in [-0.3, -0.25) is 0 Å². The minimum Gasteiger partial charge on any atom is -0.435 e. The highest BCUT2D eigenvalue weighted by atomic mass is 16.5. The van der Waals surface area contributed by atoms with Crippen LogP contribution in [0.4, 0.5) is 5.69 Å². The van der Waals surface area contributed by atoms with Crippen LogP contribution >= 0.6 is 0 Å². The lowest BCUT2D eigenvalue weighted by atomic mass is 10.2. The average Bonchev–Trinajstić information content (AvgIpc) is 2.35. The van der Waals surface area contributed by atoms with E-state index in [1.54, 1.807) is 6.07 Å². The van der Waals surface area contributed by atoms with Crippen molar-refractivity contribution in [2.24, 2.45) is 0 Å². The zero-order valence-electron chi connectivity index (χ0n) is 9.21. The Labute approximate surface area is 98.5 Å². The van der Waals surface area contributed by atoms with Crippen molar-refractivity contribution in [1.29, 1.82) is 5.26 Å². The molecule has 0 saturated carbocycles. The van der Waals surface area contributed by atoms with E-state index in [0.717, 1.165) is 5.56 Å². The first-order valence-corrected chi connectivity index (χ1v) is 4.96. The SMILES string of the molecule is Cc1cccc(N)c1Oc1cnc(C#N)cn1. The summed E-state index contributed by atoms with van der Waals surface area (Å²) in [5.41, 5.74) is 7.50. The summed E-state index contributed by atoms with van der Waals surface area (Å²) in [6, 6.07) is 7.38. The summed E-state index contributed by atoms with van der Waals surface area (Å²) < 4.78 is 5.53. The predicted octanol–water partition coefficient (Wildman–Crippen LogP) is 2.03. The highest BCUT2D eigenvalue weighted by Gasteiger charge is 2.06. The number of ether oxygens (including phenoxy) is 1. The third-order valence-electron chi connectivity index (χ3n) is 2.19. The topological polar surface area (TPSA) is 84.8 Å². The molecule has 2 N–H and O–H groups in total. The lowest BCUT2D eigenvalue weighted by Gasteiger charge is -2.09. The van der Waals surface area contributed by atoms with Crippen LogP contribution in [0, 0.1) is 18.3 Å². The third kappa shape index (κ3) is 2.32. The van der Waals surface area contributed by atoms with E-state index in [1.807, 2.05) is 25.1 Å². The summed E-state index contributed by atoms with van der Waals surface area (Å²) in [6.07, 6.45) is 2.74. The fourth-order valence-electron chi connectivity index (χ4n) is 1.35. The molecule has 0 aliphatic heterocycles. The number of hydrogen-bond acceptors (Lipinski definition) is 5. The van der Waals surface area contributed by atoms with Crippen LogP contribution in [-0.2, 0) is 0 Å². The van der Waals surface area contributed by atoms with E-state index >= 15 is 0 Å². The van der Waals surface area contributed by atoms with Gasteiger partial charge in [-0.2, -0.15) is 5.26 Å². The molecule has 5 nitrogen and oxygen atoms in total. The average molecular weight is 226 g/mol. The Kier molecular flexibility index (Phi) is 2.88. The van der Waals surface area contributed by atoms with Gasteiger partial charge in [-0.25, -0.2) is 9.97 Å². The summed E-state index contributed by atoms with van der Waals surface area (Å²) in [6.45, 7) is 1.89. The van der Waals surface area contributed by atoms with E-state index < -0.39 is 0 Å². The van der Waals surface area contributed by atoms with Crippen molar-refractivity contribution in [3.8, 4) is 17.7 Å². The fraction of sp³-hybridized carbons (Fsp3) is 0.0833. The van der Waals surface area contributed by atoms with E-state index in [2.05, 4.69) is 9.97 Å². The Bertz CT molecular complexity index is 552. The Balaban J connectivity index is 2.29. The minimum atomic E-state index is 0.245. The predicted molar refractivity (Wildman–Crippen MR) is 62.4 cm³/mol. The van der Waals surface area contributed by atoms with Crippen LogP contribution in [0.5, 0.6) is 11.6 Å². The fourth-order valence-corrected chi connectivity index (χ4v) is 1.35. The summed E-state index contributed by atoms with van der Waals surface area (Å²) in [4.78, 5) is 7.83. The molecular formula is C12H10N4O. The van der Waals surface area contributed by atoms with Gasteiger partial charge in [0, 0.05) is 0 Å². The number of nitrogen functional groups attached to an aromatic ring is 1. The van der Waals surface area contributed by atoms with Crippen molar-refractivity contribution in [2.75, 3.05) is 5.73 Å². The molecule has 0 radical (unpaired) electrons. The van der Waals surface area contributed by atoms with Crippen LogP contribution in [0.1, 0.15) is 11.3 Å². The molecule has 1 aromatic heterocycles. The van der Waals surface area contributed by atoms with Crippen molar-refractivity contribution in [2.45, 2.75) is 6.92 Å². The number of aromatic nitrogens is 2. The molecule has 1 aromatic carbocycles. The molecule has 0 aliphatic carbocycles. The van der Waals surface area contributed by atoms with Gasteiger partial charge in [-0.1, -0.05) is 12.1 Å². The molecule has 0 fully saturated rings. The molecule has 0 bridgehead atoms. The van der Waals surface area contributed by atoms with Crippen molar-refractivity contribution in [3.63, 3.8) is 0 Å². The minimum absolute atomic E-state index is 0.245. The van der Waals surface area contributed by atoms with E-state index in [-0.39, 0.29) is 5.69 Å². The molecule has 0 amide bonds. The smallest absolute Gasteiger partial charge is 0.238 e. The number of nitriles is 1. The first kappa shape index (κ1) is 10.9. The number of hydrogen-bond donors (Lipinski definition) is 1. The van der Waals surface area contributed by atoms with Gasteiger partial charge in [0.25, 0.3) is 0 Å². The normalized spacial score (nSPS) is 9.65. The second-order valence-corrected chi connectivity index (χ2v) is 3.45. The van der Waals surface area contributed by atoms with Crippen LogP contribution in [0.25, 0.3) is 0 Å². The van der Waals surface area contributed by atoms with Gasteiger partial charge in [-0.15, -0.1) is 0 Å². The molecule has 0 saturated heterocycles. The van der Waals surface area contributed by atoms with E-state index in [0.29, 0.717) is 17.3 Å². The second-order valence-electron chi connectivity index (χ2n) is 3.45. The maximum atomic E-state index is 8.59. The van der Waals surface area contributed by atoms with E-state index in [4.69, 9.17) is 15.7 Å². The zero-order chi connectivity index (χ0) is 12.3. The monoisotopic (exact) mass is 226 g/mol. The molecule has 0 atom stereocenters. The maximum absolute atomic E-state index is 8.59. The van der Waals surface area contributed by atoms with Crippen LogP contribution in [0.15, 0.2) is 30.6 Å². The second kappa shape index (κ2) is 4.49. The van der Waals surface area contributed by atoms with Gasteiger partial charge in [0.15, 0.2) is 11.4 Å². The van der Waals surface area contributed by atoms with Crippen LogP contribution < -0.4 is 10.5 Å². The molecule has 2 aromatic rings. The number of benzene rings is 1. The zero-order valence-corrected chi connectivity index (χ0v) is 9.21. The standard InChI is InChI=1S/C12H10N4O/c1-8-3-2-4-10(14)12(8)17-11-7-15-9(5-13)6-16-11/h2-4,6-7H,14H2,1H3. The highest BCUT2D eigenvalue weighted by Crippen LogP contribution is 2.29. The first-order valence-electron chi connectivity index (χ1n) is 4.96. The third-order valence-corrected chi connectivity index (χ3v) is 2.19. The van der Waals surface area contributed by atoms with Gasteiger partial charge in [0.1, 0.15) is 6.07 Å². The molecule has 0 unspecified atom stereocenters. The van der Waals surface area contributed by atoms with Crippen LogP contribution in [0.2, 0.25) is 0 Å². The van der Waals surface area contributed by atoms with E-state index in [9.17, 15) is 0 Å². The summed E-state index contributed by atoms with van der Waals surface area (Å²) in [5.74, 6) is 0.872. The molecule has 2 rings (SSSR count). The molecule has 17 heavy (non-hydrogen) atoms. The van der Waals surface area contributed by atoms with Crippen LogP contribution in [-0.4, -0.2) is 9.97 Å². The maximum Gasteiger partial charge on any atom is 0.238 e. The molecular weight excluding hydrogens is 216 g/mol. The Morgan fingerprint density at radius 1 is 1.29 bits per heavy atom. The number of anilines is 1. The largest absolute Gasteiger partial charge is 0.435 e. The summed E-state index contributed by atoms with van der Waals surface area (Å²) >= 11 is 0. The first-order chi connectivity index (χ1) is 8.20. The Morgan fingerprint density at radius 3 is 2.71 bits per heavy atom. The molecule has 0 aliphatic rings. The molecule has 1 heterocycles. The van der Waals surface area contributed by atoms with Crippen molar-refractivity contribution < 1.29 is 4.74 Å². The Morgan fingerprint density at radius 2 is 2.12 bits per heavy atom. The van der Waals surface area contributed by atoms with Crippen LogP contribution in [0.3, 0.4) is 0 Å². The summed E-state index contributed by atoms with van der Waals surface area (Å²) in [7, 11) is 0. The van der Waals surface area contributed by atoms with Gasteiger partial charge in [0.2, 0.25) is 5.88 Å². The van der Waals surface area contributed by atoms with Crippen molar-refractivity contribution in [1.82, 2.24) is 9.97 Å². The van der Waals surface area contributed by atoms with Gasteiger partial charge in [0.05, 0.1) is 18.1 Å². The number of para-hydroxylation sites is 1. The molecule has 84 valence electrons. The molecule has 0 spiro atoms. The quantitative estimate of drug-likeness (QED) is 0.792. The Hall–Kier alpha value is -2.61. The van der Waals surface area contributed by atoms with Gasteiger partial charge in [-0.05, 0) is 18.6 Å². The van der Waals surface area contributed by atoms with E-state index in [1.165, 1.54) is 12.4 Å². The number of nitrogens with zero attached hydrogens (tertiary/aromatic N) is 3. The number of nitrogens with two attached hydrogens (primary N) is 1.